The van der Waals surface area contributed by atoms with Crippen molar-refractivity contribution in [1.29, 1.82) is 0 Å². The third kappa shape index (κ3) is 16.2. The molecule has 6 amide bonds. The van der Waals surface area contributed by atoms with Gasteiger partial charge in [-0.1, -0.05) is 12.1 Å². The topological polar surface area (TPSA) is 201 Å². The summed E-state index contributed by atoms with van der Waals surface area (Å²) >= 11 is 0. The van der Waals surface area contributed by atoms with Gasteiger partial charge in [-0.05, 0) is 64.7 Å². The van der Waals surface area contributed by atoms with E-state index in [0.717, 1.165) is 0 Å². The number of Topliss-reactive ketones (excluding diaryl/α,β-unsaturated/α-hetero) is 1. The second-order valence-corrected chi connectivity index (χ2v) is 11.2. The highest BCUT2D eigenvalue weighted by molar-refractivity contribution is 5.93. The Kier molecular flexibility index (Phi) is 16.1. The van der Waals surface area contributed by atoms with E-state index >= 15 is 0 Å². The molecule has 0 bridgehead atoms. The SMILES string of the molecule is CNC(=O)CC[C@@H](NC(=O)OC(C)(C)C)C(=O)N[C@@H](Cc1ccc(NC(=O)CCCCC(C)=O)cc1)C(=O)NCC(=O)NC. The Morgan fingerprint density at radius 2 is 1.36 bits per heavy atom. The van der Waals surface area contributed by atoms with Crippen molar-refractivity contribution in [3.8, 4) is 0 Å². The van der Waals surface area contributed by atoms with Crippen LogP contribution in [-0.4, -0.2) is 79.7 Å². The number of nitrogens with one attached hydrogen (secondary N) is 6. The standard InChI is InChI=1S/C30H46N6O8/c1-19(37)9-7-8-10-25(39)34-21-13-11-20(12-14-21)17-23(27(41)33-18-26(40)32-6)35-28(42)22(15-16-24(38)31-5)36-29(43)44-30(2,3)4/h11-14,22-23H,7-10,15-18H2,1-6H3,(H,31,38)(H,32,40)(H,33,41)(H,34,39)(H,35,42)(H,36,43)/t22-,23+/m1/s1. The van der Waals surface area contributed by atoms with Crippen molar-refractivity contribution in [2.45, 2.75) is 90.3 Å². The Morgan fingerprint density at radius 3 is 1.93 bits per heavy atom. The molecule has 1 aromatic carbocycles. The van der Waals surface area contributed by atoms with Gasteiger partial charge < -0.3 is 41.4 Å². The number of ketones is 1. The lowest BCUT2D eigenvalue weighted by molar-refractivity contribution is -0.131. The van der Waals surface area contributed by atoms with E-state index in [9.17, 15) is 33.6 Å². The molecule has 0 aliphatic heterocycles. The number of anilines is 1. The van der Waals surface area contributed by atoms with Gasteiger partial charge in [0.1, 0.15) is 23.5 Å². The molecule has 0 saturated heterocycles. The molecule has 0 fully saturated rings. The number of carbonyl (C=O) groups is 7. The molecule has 14 heteroatoms. The summed E-state index contributed by atoms with van der Waals surface area (Å²) in [4.78, 5) is 85.7. The summed E-state index contributed by atoms with van der Waals surface area (Å²) in [5.74, 6) is -2.28. The number of ether oxygens (including phenoxy) is 1. The van der Waals surface area contributed by atoms with Gasteiger partial charge in [0.2, 0.25) is 29.5 Å². The van der Waals surface area contributed by atoms with Crippen LogP contribution >= 0.6 is 0 Å². The van der Waals surface area contributed by atoms with Crippen molar-refractivity contribution in [2.24, 2.45) is 0 Å². The van der Waals surface area contributed by atoms with Crippen molar-refractivity contribution in [3.63, 3.8) is 0 Å². The molecule has 44 heavy (non-hydrogen) atoms. The molecule has 0 saturated carbocycles. The first-order valence-corrected chi connectivity index (χ1v) is 14.5. The Hall–Kier alpha value is -4.49. The van der Waals surface area contributed by atoms with E-state index in [2.05, 4.69) is 31.9 Å². The van der Waals surface area contributed by atoms with Gasteiger partial charge in [0, 0.05) is 45.5 Å². The lowest BCUT2D eigenvalue weighted by Gasteiger charge is -2.25. The van der Waals surface area contributed by atoms with Gasteiger partial charge in [-0.2, -0.15) is 0 Å². The predicted molar refractivity (Wildman–Crippen MR) is 163 cm³/mol. The number of rotatable bonds is 17. The van der Waals surface area contributed by atoms with Crippen LogP contribution in [0.4, 0.5) is 10.5 Å². The fourth-order valence-electron chi connectivity index (χ4n) is 3.82. The Balaban J connectivity index is 3.04. The molecular weight excluding hydrogens is 572 g/mol. The Morgan fingerprint density at radius 1 is 0.750 bits per heavy atom. The number of amides is 6. The largest absolute Gasteiger partial charge is 0.444 e. The zero-order chi connectivity index (χ0) is 33.3. The zero-order valence-electron chi connectivity index (χ0n) is 26.4. The summed E-state index contributed by atoms with van der Waals surface area (Å²) in [6.45, 7) is 6.16. The molecule has 0 aromatic heterocycles. The van der Waals surface area contributed by atoms with Crippen LogP contribution in [0, 0.1) is 0 Å². The number of hydrogen-bond donors (Lipinski definition) is 6. The predicted octanol–water partition coefficient (Wildman–Crippen LogP) is 1.08. The molecule has 0 heterocycles. The van der Waals surface area contributed by atoms with Crippen LogP contribution in [0.3, 0.4) is 0 Å². The Bertz CT molecular complexity index is 1160. The fourth-order valence-corrected chi connectivity index (χ4v) is 3.82. The smallest absolute Gasteiger partial charge is 0.408 e. The molecule has 0 unspecified atom stereocenters. The summed E-state index contributed by atoms with van der Waals surface area (Å²) in [6, 6.07) is 4.30. The highest BCUT2D eigenvalue weighted by Gasteiger charge is 2.29. The highest BCUT2D eigenvalue weighted by atomic mass is 16.6. The molecular formula is C30H46N6O8. The van der Waals surface area contributed by atoms with Crippen LogP contribution in [-0.2, 0) is 39.9 Å². The van der Waals surface area contributed by atoms with Gasteiger partial charge in [-0.25, -0.2) is 4.79 Å². The minimum absolute atomic E-state index is 0.0131. The van der Waals surface area contributed by atoms with Gasteiger partial charge in [-0.15, -0.1) is 0 Å². The van der Waals surface area contributed by atoms with Crippen LogP contribution in [0.2, 0.25) is 0 Å². The molecule has 244 valence electrons. The maximum absolute atomic E-state index is 13.3. The molecule has 1 rings (SSSR count). The molecule has 14 nitrogen and oxygen atoms in total. The van der Waals surface area contributed by atoms with Crippen molar-refractivity contribution in [1.82, 2.24) is 26.6 Å². The van der Waals surface area contributed by atoms with Crippen LogP contribution in [0.25, 0.3) is 0 Å². The van der Waals surface area contributed by atoms with E-state index in [0.29, 0.717) is 30.5 Å². The number of unbranched alkanes of at least 4 members (excludes halogenated alkanes) is 1. The quantitative estimate of drug-likeness (QED) is 0.139. The first-order valence-electron chi connectivity index (χ1n) is 14.5. The summed E-state index contributed by atoms with van der Waals surface area (Å²) in [5, 5.41) is 15.2. The number of alkyl carbamates (subject to hydrolysis) is 1. The third-order valence-corrected chi connectivity index (χ3v) is 6.14. The second-order valence-electron chi connectivity index (χ2n) is 11.2. The van der Waals surface area contributed by atoms with Crippen molar-refractivity contribution < 1.29 is 38.3 Å². The van der Waals surface area contributed by atoms with Crippen LogP contribution in [0.1, 0.15) is 71.8 Å². The van der Waals surface area contributed by atoms with Crippen molar-refractivity contribution >= 4 is 47.1 Å². The molecule has 0 spiro atoms. The first-order chi connectivity index (χ1) is 20.6. The monoisotopic (exact) mass is 618 g/mol. The number of likely N-dealkylation sites (N-methyl/N-ethyl adjacent to an activating group) is 1. The molecule has 0 aliphatic carbocycles. The molecule has 0 radical (unpaired) electrons. The third-order valence-electron chi connectivity index (χ3n) is 6.14. The average molecular weight is 619 g/mol. The minimum Gasteiger partial charge on any atom is -0.444 e. The summed E-state index contributed by atoms with van der Waals surface area (Å²) in [5.41, 5.74) is 0.327. The minimum atomic E-state index is -1.20. The van der Waals surface area contributed by atoms with Gasteiger partial charge in [-0.3, -0.25) is 24.0 Å². The molecule has 1 aromatic rings. The van der Waals surface area contributed by atoms with E-state index in [1.165, 1.54) is 21.0 Å². The summed E-state index contributed by atoms with van der Waals surface area (Å²) < 4.78 is 5.25. The van der Waals surface area contributed by atoms with Crippen molar-refractivity contribution in [2.75, 3.05) is 26.0 Å². The van der Waals surface area contributed by atoms with E-state index < -0.39 is 41.5 Å². The lowest BCUT2D eigenvalue weighted by atomic mass is 10.0. The van der Waals surface area contributed by atoms with Crippen molar-refractivity contribution in [3.05, 3.63) is 29.8 Å². The molecule has 0 aliphatic rings. The van der Waals surface area contributed by atoms with Crippen LogP contribution < -0.4 is 31.9 Å². The van der Waals surface area contributed by atoms with Gasteiger partial charge in [0.15, 0.2) is 0 Å². The fraction of sp³-hybridized carbons (Fsp3) is 0.567. The first kappa shape index (κ1) is 37.5. The van der Waals surface area contributed by atoms with Gasteiger partial charge >= 0.3 is 6.09 Å². The van der Waals surface area contributed by atoms with E-state index in [1.807, 2.05) is 0 Å². The van der Waals surface area contributed by atoms with E-state index in [4.69, 9.17) is 4.74 Å². The number of benzene rings is 1. The molecule has 2 atom stereocenters. The van der Waals surface area contributed by atoms with Crippen LogP contribution in [0.15, 0.2) is 24.3 Å². The van der Waals surface area contributed by atoms with E-state index in [1.54, 1.807) is 45.0 Å². The highest BCUT2D eigenvalue weighted by Crippen LogP contribution is 2.14. The lowest BCUT2D eigenvalue weighted by Crippen LogP contribution is -2.55. The van der Waals surface area contributed by atoms with Crippen LogP contribution in [0.5, 0.6) is 0 Å². The number of hydrogen-bond acceptors (Lipinski definition) is 8. The van der Waals surface area contributed by atoms with E-state index in [-0.39, 0.29) is 49.8 Å². The average Bonchev–Trinajstić information content (AvgIpc) is 2.95. The van der Waals surface area contributed by atoms with Gasteiger partial charge in [0.05, 0.1) is 6.54 Å². The van der Waals surface area contributed by atoms with Gasteiger partial charge in [0.25, 0.3) is 0 Å². The molecule has 6 N–H and O–H groups in total. The maximum Gasteiger partial charge on any atom is 0.408 e. The normalized spacial score (nSPS) is 12.1. The number of carbonyl (C=O) groups excluding carboxylic acids is 7. The second kappa shape index (κ2) is 18.9. The summed E-state index contributed by atoms with van der Waals surface area (Å²) in [7, 11) is 2.86. The zero-order valence-corrected chi connectivity index (χ0v) is 26.4. The maximum atomic E-state index is 13.3. The Labute approximate surface area is 258 Å². The summed E-state index contributed by atoms with van der Waals surface area (Å²) in [6.07, 6.45) is 0.919.